The zero-order valence-electron chi connectivity index (χ0n) is 12.1. The zero-order valence-corrected chi connectivity index (χ0v) is 13.6. The Balaban J connectivity index is 2.06. The van der Waals surface area contributed by atoms with Gasteiger partial charge in [0.1, 0.15) is 11.6 Å². The summed E-state index contributed by atoms with van der Waals surface area (Å²) in [6.45, 7) is 4.53. The van der Waals surface area contributed by atoms with Crippen LogP contribution in [0.5, 0.6) is 0 Å². The number of nitrogens with two attached hydrogens (primary N) is 1. The molecule has 0 saturated heterocycles. The van der Waals surface area contributed by atoms with Crippen molar-refractivity contribution in [1.82, 2.24) is 0 Å². The fourth-order valence-electron chi connectivity index (χ4n) is 3.01. The van der Waals surface area contributed by atoms with Crippen molar-refractivity contribution in [3.05, 3.63) is 33.8 Å². The number of hydrogen-bond acceptors (Lipinski definition) is 1. The second kappa shape index (κ2) is 6.10. The zero-order chi connectivity index (χ0) is 14.9. The lowest BCUT2D eigenvalue weighted by atomic mass is 9.70. The molecule has 0 spiro atoms. The molecule has 0 heterocycles. The molecule has 0 bridgehead atoms. The van der Waals surface area contributed by atoms with Crippen molar-refractivity contribution in [1.29, 1.82) is 0 Å². The summed E-state index contributed by atoms with van der Waals surface area (Å²) >= 11 is 3.10. The van der Waals surface area contributed by atoms with Crippen molar-refractivity contribution in [2.45, 2.75) is 52.0 Å². The third-order valence-corrected chi connectivity index (χ3v) is 5.18. The summed E-state index contributed by atoms with van der Waals surface area (Å²) < 4.78 is 28.0. The molecular weight excluding hydrogens is 324 g/mol. The molecule has 1 aromatic rings. The van der Waals surface area contributed by atoms with Gasteiger partial charge in [0, 0.05) is 11.6 Å². The van der Waals surface area contributed by atoms with E-state index in [0.717, 1.165) is 25.7 Å². The molecule has 1 aromatic carbocycles. The van der Waals surface area contributed by atoms with Crippen molar-refractivity contribution < 1.29 is 8.78 Å². The average Bonchev–Trinajstić information content (AvgIpc) is 2.39. The maximum Gasteiger partial charge on any atom is 0.143 e. The van der Waals surface area contributed by atoms with Crippen LogP contribution in [0.2, 0.25) is 0 Å². The number of rotatable bonds is 3. The summed E-state index contributed by atoms with van der Waals surface area (Å²) in [5, 5.41) is 0. The van der Waals surface area contributed by atoms with E-state index in [-0.39, 0.29) is 18.0 Å². The fraction of sp³-hybridized carbons (Fsp3) is 0.625. The van der Waals surface area contributed by atoms with E-state index in [0.29, 0.717) is 15.8 Å². The van der Waals surface area contributed by atoms with Gasteiger partial charge >= 0.3 is 0 Å². The van der Waals surface area contributed by atoms with Gasteiger partial charge in [0.2, 0.25) is 0 Å². The summed E-state index contributed by atoms with van der Waals surface area (Å²) in [6, 6.07) is 2.51. The first-order valence-electron chi connectivity index (χ1n) is 7.18. The molecule has 1 nitrogen and oxygen atoms in total. The molecule has 20 heavy (non-hydrogen) atoms. The van der Waals surface area contributed by atoms with Gasteiger partial charge in [-0.2, -0.15) is 0 Å². The van der Waals surface area contributed by atoms with E-state index in [1.807, 2.05) is 0 Å². The highest BCUT2D eigenvalue weighted by atomic mass is 79.9. The van der Waals surface area contributed by atoms with E-state index in [4.69, 9.17) is 5.73 Å². The summed E-state index contributed by atoms with van der Waals surface area (Å²) in [4.78, 5) is 0. The van der Waals surface area contributed by atoms with E-state index < -0.39 is 11.6 Å². The number of halogens is 3. The molecule has 1 saturated carbocycles. The largest absolute Gasteiger partial charge is 0.327 e. The van der Waals surface area contributed by atoms with Crippen LogP contribution in [-0.4, -0.2) is 6.04 Å². The van der Waals surface area contributed by atoms with Crippen molar-refractivity contribution >= 4 is 15.9 Å². The van der Waals surface area contributed by atoms with Crippen molar-refractivity contribution in [3.8, 4) is 0 Å². The molecule has 1 unspecified atom stereocenters. The quantitative estimate of drug-likeness (QED) is 0.781. The average molecular weight is 346 g/mol. The minimum absolute atomic E-state index is 0.108. The molecule has 112 valence electrons. The Labute approximate surface area is 128 Å². The maximum atomic E-state index is 14.0. The Kier molecular flexibility index (Phi) is 4.85. The normalized spacial score (nSPS) is 20.9. The highest BCUT2D eigenvalue weighted by molar-refractivity contribution is 9.10. The first-order valence-corrected chi connectivity index (χ1v) is 7.97. The van der Waals surface area contributed by atoms with E-state index in [1.54, 1.807) is 0 Å². The predicted molar refractivity (Wildman–Crippen MR) is 81.5 cm³/mol. The van der Waals surface area contributed by atoms with E-state index in [1.165, 1.54) is 12.1 Å². The second-order valence-electron chi connectivity index (χ2n) is 6.69. The van der Waals surface area contributed by atoms with Crippen LogP contribution in [0.25, 0.3) is 0 Å². The first-order chi connectivity index (χ1) is 9.30. The van der Waals surface area contributed by atoms with Crippen LogP contribution in [0.1, 0.15) is 45.1 Å². The van der Waals surface area contributed by atoms with Gasteiger partial charge in [-0.15, -0.1) is 0 Å². The molecule has 0 radical (unpaired) electrons. The smallest absolute Gasteiger partial charge is 0.143 e. The molecule has 2 N–H and O–H groups in total. The van der Waals surface area contributed by atoms with Crippen LogP contribution in [0.3, 0.4) is 0 Å². The van der Waals surface area contributed by atoms with Crippen LogP contribution in [0.15, 0.2) is 16.6 Å². The molecule has 0 amide bonds. The number of benzene rings is 1. The van der Waals surface area contributed by atoms with E-state index in [9.17, 15) is 8.78 Å². The standard InChI is InChI=1S/C16H22BrF2N/c1-16(2)7-5-10(6-8-16)14(20)9-11-13(18)4-3-12(17)15(11)19/h3-4,10,14H,5-9,20H2,1-2H3. The van der Waals surface area contributed by atoms with Crippen molar-refractivity contribution in [2.24, 2.45) is 17.1 Å². The molecule has 4 heteroatoms. The van der Waals surface area contributed by atoms with Gasteiger partial charge in [-0.1, -0.05) is 13.8 Å². The molecule has 1 fully saturated rings. The third kappa shape index (κ3) is 3.59. The van der Waals surface area contributed by atoms with Gasteiger partial charge in [-0.05, 0) is 71.5 Å². The van der Waals surface area contributed by atoms with Crippen LogP contribution in [0.4, 0.5) is 8.78 Å². The van der Waals surface area contributed by atoms with Gasteiger partial charge in [0.25, 0.3) is 0 Å². The lowest BCUT2D eigenvalue weighted by molar-refractivity contribution is 0.172. The van der Waals surface area contributed by atoms with Crippen molar-refractivity contribution in [3.63, 3.8) is 0 Å². The SMILES string of the molecule is CC1(C)CCC(C(N)Cc2c(F)ccc(Br)c2F)CC1. The highest BCUT2D eigenvalue weighted by Crippen LogP contribution is 2.39. The number of hydrogen-bond donors (Lipinski definition) is 1. The van der Waals surface area contributed by atoms with Gasteiger partial charge in [-0.3, -0.25) is 0 Å². The van der Waals surface area contributed by atoms with Crippen LogP contribution in [-0.2, 0) is 6.42 Å². The summed E-state index contributed by atoms with van der Waals surface area (Å²) in [7, 11) is 0. The summed E-state index contributed by atoms with van der Waals surface area (Å²) in [6.07, 6.45) is 4.63. The van der Waals surface area contributed by atoms with Crippen LogP contribution >= 0.6 is 15.9 Å². The Morgan fingerprint density at radius 1 is 1.30 bits per heavy atom. The maximum absolute atomic E-state index is 14.0. The lowest BCUT2D eigenvalue weighted by Gasteiger charge is -2.37. The van der Waals surface area contributed by atoms with Crippen molar-refractivity contribution in [2.75, 3.05) is 0 Å². The molecule has 0 aliphatic heterocycles. The van der Waals surface area contributed by atoms with Gasteiger partial charge in [-0.25, -0.2) is 8.78 Å². The molecule has 2 rings (SSSR count). The topological polar surface area (TPSA) is 26.0 Å². The van der Waals surface area contributed by atoms with E-state index in [2.05, 4.69) is 29.8 Å². The Morgan fingerprint density at radius 3 is 2.50 bits per heavy atom. The molecular formula is C16H22BrF2N. The Morgan fingerprint density at radius 2 is 1.90 bits per heavy atom. The Bertz CT molecular complexity index is 478. The highest BCUT2D eigenvalue weighted by Gasteiger charge is 2.30. The first kappa shape index (κ1) is 15.9. The third-order valence-electron chi connectivity index (χ3n) is 4.57. The fourth-order valence-corrected chi connectivity index (χ4v) is 3.38. The second-order valence-corrected chi connectivity index (χ2v) is 7.55. The summed E-state index contributed by atoms with van der Waals surface area (Å²) in [5.41, 5.74) is 6.69. The van der Waals surface area contributed by atoms with Gasteiger partial charge in [0.05, 0.1) is 4.47 Å². The monoisotopic (exact) mass is 345 g/mol. The molecule has 1 aliphatic carbocycles. The van der Waals surface area contributed by atoms with Gasteiger partial charge in [0.15, 0.2) is 0 Å². The van der Waals surface area contributed by atoms with E-state index >= 15 is 0 Å². The summed E-state index contributed by atoms with van der Waals surface area (Å²) in [5.74, 6) is -0.658. The molecule has 0 aromatic heterocycles. The molecule has 1 aliphatic rings. The van der Waals surface area contributed by atoms with Gasteiger partial charge < -0.3 is 5.73 Å². The molecule has 1 atom stereocenters. The lowest BCUT2D eigenvalue weighted by Crippen LogP contribution is -2.37. The predicted octanol–water partition coefficient (Wildman–Crippen LogP) is 4.81. The Hall–Kier alpha value is -0.480. The van der Waals surface area contributed by atoms with Crippen LogP contribution < -0.4 is 5.73 Å². The minimum atomic E-state index is -0.517. The minimum Gasteiger partial charge on any atom is -0.327 e. The van der Waals surface area contributed by atoms with Crippen LogP contribution in [0, 0.1) is 23.0 Å².